The van der Waals surface area contributed by atoms with Crippen LogP contribution in [0.5, 0.6) is 0 Å². The normalized spacial score (nSPS) is 11.4. The molecule has 0 fully saturated rings. The van der Waals surface area contributed by atoms with E-state index in [1.807, 2.05) is 0 Å². The maximum atomic E-state index is 2.40. The molecule has 0 heterocycles. The van der Waals surface area contributed by atoms with Gasteiger partial charge in [-0.1, -0.05) is 88.0 Å². The fourth-order valence-corrected chi connectivity index (χ4v) is 6.72. The minimum Gasteiger partial charge on any atom is -0.0938 e. The van der Waals surface area contributed by atoms with Crippen LogP contribution < -0.4 is 0 Å². The lowest BCUT2D eigenvalue weighted by molar-refractivity contribution is 0.665. The molecule has 0 aromatic carbocycles. The van der Waals surface area contributed by atoms with E-state index in [1.165, 1.54) is 25.7 Å². The Hall–Kier alpha value is 0.532. The lowest BCUT2D eigenvalue weighted by atomic mass is 10.2. The van der Waals surface area contributed by atoms with E-state index in [4.69, 9.17) is 0 Å². The second kappa shape index (κ2) is 9.74. The largest absolute Gasteiger partial charge is 0.262 e. The molecule has 0 aliphatic carbocycles. The zero-order chi connectivity index (χ0) is 11.7. The molecule has 0 rings (SSSR count). The lowest BCUT2D eigenvalue weighted by Gasteiger charge is -2.16. The van der Waals surface area contributed by atoms with Gasteiger partial charge in [-0.15, -0.1) is 0 Å². The first-order chi connectivity index (χ1) is 7.06. The van der Waals surface area contributed by atoms with E-state index in [0.717, 1.165) is 11.8 Å². The summed E-state index contributed by atoms with van der Waals surface area (Å²) >= 11 is -0.392. The first kappa shape index (κ1) is 15.5. The standard InChI is InChI=1S/C6H13.2C4H9.Al/c1-3-5-6-4-2;2*1-4(2)3;/h1,3-6H2,2H3;2*4H,1H2,2-3H3;. The molecular formula is C14H31Al. The van der Waals surface area contributed by atoms with Crippen LogP contribution in [0.4, 0.5) is 0 Å². The average molecular weight is 226 g/mol. The third kappa shape index (κ3) is 10.8. The molecule has 0 aliphatic heterocycles. The second-order valence-electron chi connectivity index (χ2n) is 5.97. The molecule has 0 atom stereocenters. The molecule has 0 saturated carbocycles. The summed E-state index contributed by atoms with van der Waals surface area (Å²) in [5.41, 5.74) is 0. The van der Waals surface area contributed by atoms with Crippen molar-refractivity contribution in [3.63, 3.8) is 0 Å². The summed E-state index contributed by atoms with van der Waals surface area (Å²) in [4.78, 5) is 0. The SMILES string of the molecule is CCCCC[CH2][Al]([CH2]C(C)C)[CH2]C(C)C. The highest BCUT2D eigenvalue weighted by Crippen LogP contribution is 2.20. The Bertz CT molecular complexity index is 119. The highest BCUT2D eigenvalue weighted by molar-refractivity contribution is 6.58. The van der Waals surface area contributed by atoms with Crippen LogP contribution in [0.2, 0.25) is 15.8 Å². The summed E-state index contributed by atoms with van der Waals surface area (Å²) in [6.45, 7) is 11.9. The quantitative estimate of drug-likeness (QED) is 0.366. The molecule has 0 aromatic rings. The Morgan fingerprint density at radius 3 is 1.73 bits per heavy atom. The maximum Gasteiger partial charge on any atom is 0.262 e. The van der Waals surface area contributed by atoms with Crippen LogP contribution in [0.3, 0.4) is 0 Å². The van der Waals surface area contributed by atoms with Crippen molar-refractivity contribution in [2.75, 3.05) is 0 Å². The van der Waals surface area contributed by atoms with E-state index >= 15 is 0 Å². The first-order valence-corrected chi connectivity index (χ1v) is 9.51. The summed E-state index contributed by atoms with van der Waals surface area (Å²) in [7, 11) is 0. The molecule has 0 aliphatic rings. The molecule has 0 spiro atoms. The van der Waals surface area contributed by atoms with Gasteiger partial charge in [-0.05, 0) is 0 Å². The van der Waals surface area contributed by atoms with Gasteiger partial charge >= 0.3 is 0 Å². The zero-order valence-electron chi connectivity index (χ0n) is 11.7. The number of hydrogen-bond donors (Lipinski definition) is 0. The third-order valence-electron chi connectivity index (χ3n) is 3.08. The Morgan fingerprint density at radius 1 is 0.800 bits per heavy atom. The van der Waals surface area contributed by atoms with E-state index in [2.05, 4.69) is 34.6 Å². The molecule has 0 nitrogen and oxygen atoms in total. The number of unbranched alkanes of at least 4 members (excludes halogenated alkanes) is 3. The molecule has 0 N–H and O–H groups in total. The van der Waals surface area contributed by atoms with Crippen LogP contribution in [-0.2, 0) is 0 Å². The molecule has 0 aromatic heterocycles. The van der Waals surface area contributed by atoms with E-state index in [1.54, 1.807) is 15.8 Å². The van der Waals surface area contributed by atoms with Gasteiger partial charge in [0.05, 0.1) is 0 Å². The molecule has 0 radical (unpaired) electrons. The minimum absolute atomic E-state index is 0.392. The maximum absolute atomic E-state index is 2.40. The van der Waals surface area contributed by atoms with Crippen LogP contribution in [0.25, 0.3) is 0 Å². The zero-order valence-corrected chi connectivity index (χ0v) is 12.8. The third-order valence-corrected chi connectivity index (χ3v) is 7.52. The van der Waals surface area contributed by atoms with Gasteiger partial charge in [-0.3, -0.25) is 0 Å². The van der Waals surface area contributed by atoms with Gasteiger partial charge in [0.1, 0.15) is 0 Å². The fourth-order valence-electron chi connectivity index (χ4n) is 2.53. The van der Waals surface area contributed by atoms with Crippen molar-refractivity contribution in [3.8, 4) is 0 Å². The van der Waals surface area contributed by atoms with Crippen LogP contribution in [0.15, 0.2) is 0 Å². The van der Waals surface area contributed by atoms with Crippen LogP contribution >= 0.6 is 0 Å². The summed E-state index contributed by atoms with van der Waals surface area (Å²) in [6.07, 6.45) is 5.82. The van der Waals surface area contributed by atoms with Gasteiger partial charge in [0.25, 0.3) is 14.1 Å². The van der Waals surface area contributed by atoms with Crippen LogP contribution in [0.1, 0.15) is 60.3 Å². The van der Waals surface area contributed by atoms with E-state index < -0.39 is 14.1 Å². The van der Waals surface area contributed by atoms with Crippen LogP contribution in [0, 0.1) is 11.8 Å². The predicted molar refractivity (Wildman–Crippen MR) is 74.0 cm³/mol. The molecule has 0 unspecified atom stereocenters. The molecule has 1 heteroatoms. The van der Waals surface area contributed by atoms with Crippen molar-refractivity contribution >= 4 is 14.1 Å². The minimum atomic E-state index is -0.392. The molecule has 0 amide bonds. The van der Waals surface area contributed by atoms with Gasteiger partial charge in [0, 0.05) is 0 Å². The summed E-state index contributed by atoms with van der Waals surface area (Å²) in [6, 6.07) is 0. The second-order valence-corrected chi connectivity index (χ2v) is 9.23. The van der Waals surface area contributed by atoms with Gasteiger partial charge in [0.2, 0.25) is 0 Å². The average Bonchev–Trinajstić information content (AvgIpc) is 2.10. The molecule has 0 saturated heterocycles. The predicted octanol–water partition coefficient (Wildman–Crippen LogP) is 5.37. The smallest absolute Gasteiger partial charge is 0.0938 e. The lowest BCUT2D eigenvalue weighted by Crippen LogP contribution is -2.17. The molecule has 0 bridgehead atoms. The van der Waals surface area contributed by atoms with Gasteiger partial charge < -0.3 is 0 Å². The molecule has 15 heavy (non-hydrogen) atoms. The van der Waals surface area contributed by atoms with Gasteiger partial charge in [0.15, 0.2) is 0 Å². The summed E-state index contributed by atoms with van der Waals surface area (Å²) < 4.78 is 0. The first-order valence-electron chi connectivity index (χ1n) is 7.06. The molecular weight excluding hydrogens is 195 g/mol. The Kier molecular flexibility index (Phi) is 10.1. The van der Waals surface area contributed by atoms with Crippen molar-refractivity contribution in [1.82, 2.24) is 0 Å². The highest BCUT2D eigenvalue weighted by Gasteiger charge is 2.18. The Labute approximate surface area is 102 Å². The van der Waals surface area contributed by atoms with Gasteiger partial charge in [-0.25, -0.2) is 0 Å². The number of hydrogen-bond acceptors (Lipinski definition) is 0. The number of rotatable bonds is 9. The Morgan fingerprint density at radius 2 is 1.33 bits per heavy atom. The highest BCUT2D eigenvalue weighted by atomic mass is 27.2. The molecule has 90 valence electrons. The van der Waals surface area contributed by atoms with Crippen molar-refractivity contribution in [1.29, 1.82) is 0 Å². The monoisotopic (exact) mass is 226 g/mol. The van der Waals surface area contributed by atoms with E-state index in [9.17, 15) is 0 Å². The van der Waals surface area contributed by atoms with E-state index in [-0.39, 0.29) is 0 Å². The van der Waals surface area contributed by atoms with Crippen molar-refractivity contribution in [3.05, 3.63) is 0 Å². The van der Waals surface area contributed by atoms with E-state index in [0.29, 0.717) is 0 Å². The summed E-state index contributed by atoms with van der Waals surface area (Å²) in [5, 5.41) is 4.75. The van der Waals surface area contributed by atoms with Crippen LogP contribution in [-0.4, -0.2) is 14.1 Å². The topological polar surface area (TPSA) is 0 Å². The fraction of sp³-hybridized carbons (Fsp3) is 1.00. The Balaban J connectivity index is 3.69. The van der Waals surface area contributed by atoms with Crippen molar-refractivity contribution in [2.24, 2.45) is 11.8 Å². The van der Waals surface area contributed by atoms with Crippen molar-refractivity contribution < 1.29 is 0 Å². The van der Waals surface area contributed by atoms with Crippen molar-refractivity contribution in [2.45, 2.75) is 76.2 Å². The van der Waals surface area contributed by atoms with Gasteiger partial charge in [-0.2, -0.15) is 0 Å². The summed E-state index contributed by atoms with van der Waals surface area (Å²) in [5.74, 6) is 1.87.